The fourth-order valence-electron chi connectivity index (χ4n) is 3.40. The van der Waals surface area contributed by atoms with Crippen LogP contribution >= 0.6 is 0 Å². The molecular weight excluding hydrogens is 254 g/mol. The Morgan fingerprint density at radius 3 is 2.60 bits per heavy atom. The van der Waals surface area contributed by atoms with E-state index >= 15 is 0 Å². The van der Waals surface area contributed by atoms with Crippen LogP contribution in [0.1, 0.15) is 56.3 Å². The van der Waals surface area contributed by atoms with Gasteiger partial charge in [0.15, 0.2) is 0 Å². The van der Waals surface area contributed by atoms with Crippen molar-refractivity contribution in [3.8, 4) is 0 Å². The van der Waals surface area contributed by atoms with Crippen molar-refractivity contribution < 1.29 is 4.74 Å². The van der Waals surface area contributed by atoms with E-state index in [1.165, 1.54) is 12.8 Å². The summed E-state index contributed by atoms with van der Waals surface area (Å²) in [7, 11) is 1.73. The summed E-state index contributed by atoms with van der Waals surface area (Å²) in [5, 5.41) is 3.25. The predicted molar refractivity (Wildman–Crippen MR) is 78.1 cm³/mol. The highest BCUT2D eigenvalue weighted by molar-refractivity contribution is 5.45. The molecule has 110 valence electrons. The topological polar surface area (TPSA) is 67.0 Å². The average Bonchev–Trinajstić information content (AvgIpc) is 2.73. The lowest BCUT2D eigenvalue weighted by Crippen LogP contribution is -2.35. The molecule has 2 N–H and O–H groups in total. The van der Waals surface area contributed by atoms with Crippen LogP contribution in [0.15, 0.2) is 4.79 Å². The lowest BCUT2D eigenvalue weighted by molar-refractivity contribution is -0.0352. The van der Waals surface area contributed by atoms with E-state index in [1.54, 1.807) is 7.11 Å². The molecule has 0 saturated heterocycles. The average molecular weight is 277 g/mol. The maximum atomic E-state index is 12.3. The summed E-state index contributed by atoms with van der Waals surface area (Å²) in [6.07, 6.45) is 8.40. The van der Waals surface area contributed by atoms with Crippen LogP contribution in [-0.2, 0) is 16.8 Å². The maximum Gasteiger partial charge on any atom is 0.256 e. The van der Waals surface area contributed by atoms with Crippen molar-refractivity contribution in [2.45, 2.75) is 57.0 Å². The van der Waals surface area contributed by atoms with Gasteiger partial charge >= 0.3 is 0 Å². The molecule has 1 aliphatic heterocycles. The van der Waals surface area contributed by atoms with E-state index in [-0.39, 0.29) is 5.56 Å². The number of aromatic nitrogens is 2. The van der Waals surface area contributed by atoms with Gasteiger partial charge in [0, 0.05) is 13.7 Å². The molecule has 0 bridgehead atoms. The molecule has 5 heteroatoms. The zero-order chi connectivity index (χ0) is 14.0. The first kappa shape index (κ1) is 13.6. The molecule has 0 amide bonds. The first-order chi connectivity index (χ1) is 9.75. The SMILES string of the molecule is COC1(c2nc3c(c(=O)[nH]2)CCCN3)CCCCCC1. The van der Waals surface area contributed by atoms with Gasteiger partial charge in [0.05, 0.1) is 5.56 Å². The second-order valence-electron chi connectivity index (χ2n) is 5.88. The number of H-pyrrole nitrogens is 1. The van der Waals surface area contributed by atoms with E-state index in [2.05, 4.69) is 10.3 Å². The monoisotopic (exact) mass is 277 g/mol. The number of ether oxygens (including phenoxy) is 1. The lowest BCUT2D eigenvalue weighted by atomic mass is 9.92. The van der Waals surface area contributed by atoms with Gasteiger partial charge in [-0.2, -0.15) is 0 Å². The van der Waals surface area contributed by atoms with E-state index in [1.807, 2.05) is 0 Å². The molecule has 0 atom stereocenters. The van der Waals surface area contributed by atoms with Crippen molar-refractivity contribution in [3.05, 3.63) is 21.7 Å². The Labute approximate surface area is 119 Å². The Kier molecular flexibility index (Phi) is 3.78. The summed E-state index contributed by atoms with van der Waals surface area (Å²) < 4.78 is 5.83. The highest BCUT2D eigenvalue weighted by Crippen LogP contribution is 2.37. The Morgan fingerprint density at radius 2 is 1.90 bits per heavy atom. The molecule has 2 heterocycles. The third-order valence-electron chi connectivity index (χ3n) is 4.65. The second kappa shape index (κ2) is 5.56. The molecule has 20 heavy (non-hydrogen) atoms. The summed E-state index contributed by atoms with van der Waals surface area (Å²) in [6, 6.07) is 0. The normalized spacial score (nSPS) is 21.6. The van der Waals surface area contributed by atoms with Gasteiger partial charge in [-0.05, 0) is 25.7 Å². The summed E-state index contributed by atoms with van der Waals surface area (Å²) >= 11 is 0. The van der Waals surface area contributed by atoms with E-state index in [0.717, 1.165) is 56.5 Å². The zero-order valence-corrected chi connectivity index (χ0v) is 12.1. The zero-order valence-electron chi connectivity index (χ0n) is 12.1. The minimum atomic E-state index is -0.413. The number of nitrogens with one attached hydrogen (secondary N) is 2. The Bertz CT molecular complexity index is 530. The van der Waals surface area contributed by atoms with Crippen molar-refractivity contribution in [3.63, 3.8) is 0 Å². The van der Waals surface area contributed by atoms with Crippen molar-refractivity contribution in [1.82, 2.24) is 9.97 Å². The fourth-order valence-corrected chi connectivity index (χ4v) is 3.40. The second-order valence-corrected chi connectivity index (χ2v) is 5.88. The number of methoxy groups -OCH3 is 1. The quantitative estimate of drug-likeness (QED) is 0.814. The van der Waals surface area contributed by atoms with Crippen molar-refractivity contribution in [2.75, 3.05) is 19.0 Å². The van der Waals surface area contributed by atoms with Gasteiger partial charge in [-0.15, -0.1) is 0 Å². The molecule has 0 radical (unpaired) electrons. The highest BCUT2D eigenvalue weighted by Gasteiger charge is 2.36. The maximum absolute atomic E-state index is 12.3. The molecule has 0 unspecified atom stereocenters. The fraction of sp³-hybridized carbons (Fsp3) is 0.733. The van der Waals surface area contributed by atoms with Crippen LogP contribution in [0.3, 0.4) is 0 Å². The van der Waals surface area contributed by atoms with Crippen LogP contribution in [0.2, 0.25) is 0 Å². The molecule has 1 aromatic heterocycles. The van der Waals surface area contributed by atoms with E-state index in [4.69, 9.17) is 9.72 Å². The van der Waals surface area contributed by atoms with E-state index < -0.39 is 5.60 Å². The predicted octanol–water partition coefficient (Wildman–Crippen LogP) is 2.32. The van der Waals surface area contributed by atoms with Crippen LogP contribution < -0.4 is 10.9 Å². The number of hydrogen-bond donors (Lipinski definition) is 2. The number of hydrogen-bond acceptors (Lipinski definition) is 4. The summed E-state index contributed by atoms with van der Waals surface area (Å²) in [5.74, 6) is 1.47. The van der Waals surface area contributed by atoms with Crippen LogP contribution in [0, 0.1) is 0 Å². The standard InChI is InChI=1S/C15H23N3O2/c1-20-15(8-4-2-3-5-9-15)14-17-12-11(13(19)18-14)7-6-10-16-12/h2-10H2,1H3,(H2,16,17,18,19). The smallest absolute Gasteiger partial charge is 0.256 e. The minimum Gasteiger partial charge on any atom is -0.370 e. The van der Waals surface area contributed by atoms with Gasteiger partial charge < -0.3 is 15.0 Å². The first-order valence-electron chi connectivity index (χ1n) is 7.68. The largest absolute Gasteiger partial charge is 0.370 e. The van der Waals surface area contributed by atoms with Gasteiger partial charge in [-0.25, -0.2) is 4.98 Å². The molecule has 5 nitrogen and oxygen atoms in total. The van der Waals surface area contributed by atoms with Gasteiger partial charge in [0.2, 0.25) is 0 Å². The Balaban J connectivity index is 2.03. The number of anilines is 1. The van der Waals surface area contributed by atoms with Crippen molar-refractivity contribution >= 4 is 5.82 Å². The Hall–Kier alpha value is -1.36. The molecule has 1 aromatic rings. The van der Waals surface area contributed by atoms with Crippen LogP contribution in [-0.4, -0.2) is 23.6 Å². The third-order valence-corrected chi connectivity index (χ3v) is 4.65. The van der Waals surface area contributed by atoms with Crippen LogP contribution in [0.5, 0.6) is 0 Å². The molecule has 1 aliphatic carbocycles. The van der Waals surface area contributed by atoms with Crippen LogP contribution in [0.25, 0.3) is 0 Å². The molecule has 1 saturated carbocycles. The first-order valence-corrected chi connectivity index (χ1v) is 7.68. The minimum absolute atomic E-state index is 0.00197. The van der Waals surface area contributed by atoms with Crippen LogP contribution in [0.4, 0.5) is 5.82 Å². The van der Waals surface area contributed by atoms with E-state index in [0.29, 0.717) is 5.82 Å². The molecular formula is C15H23N3O2. The third kappa shape index (κ3) is 2.35. The summed E-state index contributed by atoms with van der Waals surface area (Å²) in [6.45, 7) is 0.892. The molecule has 2 aliphatic rings. The van der Waals surface area contributed by atoms with Crippen molar-refractivity contribution in [2.24, 2.45) is 0 Å². The Morgan fingerprint density at radius 1 is 1.15 bits per heavy atom. The number of rotatable bonds is 2. The highest BCUT2D eigenvalue weighted by atomic mass is 16.5. The van der Waals surface area contributed by atoms with Gasteiger partial charge in [0.25, 0.3) is 5.56 Å². The van der Waals surface area contributed by atoms with Gasteiger partial charge in [0.1, 0.15) is 17.2 Å². The molecule has 1 fully saturated rings. The molecule has 0 spiro atoms. The molecule has 3 rings (SSSR count). The number of aromatic amines is 1. The lowest BCUT2D eigenvalue weighted by Gasteiger charge is -2.31. The van der Waals surface area contributed by atoms with Crippen molar-refractivity contribution in [1.29, 1.82) is 0 Å². The number of fused-ring (bicyclic) bond motifs is 1. The molecule has 0 aromatic carbocycles. The van der Waals surface area contributed by atoms with E-state index in [9.17, 15) is 4.79 Å². The summed E-state index contributed by atoms with van der Waals surface area (Å²) in [4.78, 5) is 20.0. The number of nitrogens with zero attached hydrogens (tertiary/aromatic N) is 1. The summed E-state index contributed by atoms with van der Waals surface area (Å²) in [5.41, 5.74) is 0.377. The van der Waals surface area contributed by atoms with Gasteiger partial charge in [-0.1, -0.05) is 25.7 Å². The van der Waals surface area contributed by atoms with Gasteiger partial charge in [-0.3, -0.25) is 4.79 Å².